The third kappa shape index (κ3) is 5.23. The highest BCUT2D eigenvalue weighted by Crippen LogP contribution is 2.30. The van der Waals surface area contributed by atoms with E-state index in [2.05, 4.69) is 31.1 Å². The highest BCUT2D eigenvalue weighted by molar-refractivity contribution is 8.00. The van der Waals surface area contributed by atoms with Gasteiger partial charge < -0.3 is 5.84 Å². The number of aromatic nitrogens is 5. The average molecular weight is 444 g/mol. The van der Waals surface area contributed by atoms with E-state index in [4.69, 9.17) is 23.3 Å². The van der Waals surface area contributed by atoms with Gasteiger partial charge in [-0.1, -0.05) is 64.7 Å². The topological polar surface area (TPSA) is 150 Å². The number of nitrogen functional groups attached to an aromatic ring is 2. The highest BCUT2D eigenvalue weighted by atomic mass is 35.5. The van der Waals surface area contributed by atoms with Crippen molar-refractivity contribution in [2.45, 2.75) is 15.2 Å². The largest absolute Gasteiger partial charge is 0.334 e. The van der Waals surface area contributed by atoms with Gasteiger partial charge in [0.2, 0.25) is 16.2 Å². The van der Waals surface area contributed by atoms with E-state index in [9.17, 15) is 4.79 Å². The third-order valence-corrected chi connectivity index (χ3v) is 6.42. The van der Waals surface area contributed by atoms with Gasteiger partial charge in [0.25, 0.3) is 5.95 Å². The van der Waals surface area contributed by atoms with Crippen LogP contribution in [-0.2, 0) is 10.5 Å². The quantitative estimate of drug-likeness (QED) is 0.175. The second-order valence-corrected chi connectivity index (χ2v) is 8.46. The van der Waals surface area contributed by atoms with Gasteiger partial charge in [0.05, 0.1) is 5.75 Å². The van der Waals surface area contributed by atoms with E-state index in [1.54, 1.807) is 0 Å². The Morgan fingerprint density at radius 1 is 1.22 bits per heavy atom. The van der Waals surface area contributed by atoms with Crippen LogP contribution in [0.3, 0.4) is 0 Å². The number of hydrazine groups is 1. The monoisotopic (exact) mass is 443 g/mol. The first kappa shape index (κ1) is 19.7. The summed E-state index contributed by atoms with van der Waals surface area (Å²) in [6.07, 6.45) is 0. The van der Waals surface area contributed by atoms with Crippen LogP contribution in [0.1, 0.15) is 5.56 Å². The molecule has 0 radical (unpaired) electrons. The van der Waals surface area contributed by atoms with Gasteiger partial charge in [-0.3, -0.25) is 15.5 Å². The molecule has 1 aromatic carbocycles. The molecule has 0 fully saturated rings. The Morgan fingerprint density at radius 3 is 2.78 bits per heavy atom. The lowest BCUT2D eigenvalue weighted by Gasteiger charge is -2.02. The number of halogens is 1. The second-order valence-electron chi connectivity index (χ2n) is 4.91. The minimum atomic E-state index is -0.260. The highest BCUT2D eigenvalue weighted by Gasteiger charge is 2.13. The average Bonchev–Trinajstić information content (AvgIpc) is 3.25. The number of anilines is 2. The first-order valence-electron chi connectivity index (χ1n) is 7.36. The van der Waals surface area contributed by atoms with Gasteiger partial charge in [0.15, 0.2) is 4.34 Å². The van der Waals surface area contributed by atoms with Crippen LogP contribution < -0.4 is 22.4 Å². The van der Waals surface area contributed by atoms with Crippen molar-refractivity contribution in [2.75, 3.05) is 22.3 Å². The van der Waals surface area contributed by atoms with Crippen LogP contribution in [0.5, 0.6) is 0 Å². The van der Waals surface area contributed by atoms with E-state index in [1.165, 1.54) is 23.1 Å². The van der Waals surface area contributed by atoms with Crippen LogP contribution in [0.25, 0.3) is 0 Å². The summed E-state index contributed by atoms with van der Waals surface area (Å²) in [7, 11) is 0. The van der Waals surface area contributed by atoms with Crippen LogP contribution in [0.15, 0.2) is 33.8 Å². The van der Waals surface area contributed by atoms with Gasteiger partial charge in [-0.2, -0.15) is 0 Å². The molecule has 3 aromatic rings. The summed E-state index contributed by atoms with van der Waals surface area (Å²) in [6.45, 7) is 0. The maximum absolute atomic E-state index is 12.1. The molecule has 10 nitrogen and oxygen atoms in total. The summed E-state index contributed by atoms with van der Waals surface area (Å²) >= 11 is 10.0. The number of nitrogens with one attached hydrogen (secondary N) is 2. The zero-order valence-corrected chi connectivity index (χ0v) is 16.8. The molecule has 0 unspecified atom stereocenters. The normalized spacial score (nSPS) is 10.7. The molecule has 0 bridgehead atoms. The summed E-state index contributed by atoms with van der Waals surface area (Å²) < 4.78 is 1.89. The molecule has 6 N–H and O–H groups in total. The molecule has 3 rings (SSSR count). The van der Waals surface area contributed by atoms with Gasteiger partial charge in [-0.15, -0.1) is 20.4 Å². The molecule has 1 amide bonds. The van der Waals surface area contributed by atoms with Crippen molar-refractivity contribution < 1.29 is 4.79 Å². The van der Waals surface area contributed by atoms with E-state index in [1.807, 2.05) is 24.3 Å². The molecule has 0 aliphatic heterocycles. The first-order valence-corrected chi connectivity index (χ1v) is 10.5. The number of thioether (sulfide) groups is 2. The Bertz CT molecular complexity index is 931. The Hall–Kier alpha value is -2.06. The molecular weight excluding hydrogens is 430 g/mol. The summed E-state index contributed by atoms with van der Waals surface area (Å²) in [5.41, 5.74) is 3.31. The van der Waals surface area contributed by atoms with Gasteiger partial charge in [-0.05, 0) is 11.6 Å². The molecular formula is C13H14ClN9OS3. The number of rotatable bonds is 8. The number of amides is 1. The predicted octanol–water partition coefficient (Wildman–Crippen LogP) is 1.81. The minimum Gasteiger partial charge on any atom is -0.334 e. The summed E-state index contributed by atoms with van der Waals surface area (Å²) in [4.78, 5) is 12.1. The number of benzene rings is 1. The molecule has 27 heavy (non-hydrogen) atoms. The molecule has 14 heteroatoms. The first-order chi connectivity index (χ1) is 13.1. The van der Waals surface area contributed by atoms with Crippen molar-refractivity contribution in [1.29, 1.82) is 0 Å². The number of carbonyl (C=O) groups excluding carboxylic acids is 1. The number of nitrogens with zero attached hydrogens (tertiary/aromatic N) is 5. The molecule has 0 saturated carbocycles. The zero-order valence-electron chi connectivity index (χ0n) is 13.6. The number of carbonyl (C=O) groups is 1. The van der Waals surface area contributed by atoms with Crippen LogP contribution in [0.4, 0.5) is 11.1 Å². The van der Waals surface area contributed by atoms with Crippen LogP contribution in [-0.4, -0.2) is 36.7 Å². The van der Waals surface area contributed by atoms with Gasteiger partial charge >= 0.3 is 0 Å². The smallest absolute Gasteiger partial charge is 0.258 e. The summed E-state index contributed by atoms with van der Waals surface area (Å²) in [6, 6.07) is 7.61. The van der Waals surface area contributed by atoms with Crippen molar-refractivity contribution >= 4 is 63.4 Å². The Kier molecular flexibility index (Phi) is 6.73. The predicted molar refractivity (Wildman–Crippen MR) is 108 cm³/mol. The van der Waals surface area contributed by atoms with Crippen molar-refractivity contribution in [1.82, 2.24) is 25.1 Å². The Balaban J connectivity index is 1.49. The number of hydrogen-bond donors (Lipinski definition) is 4. The second kappa shape index (κ2) is 9.23. The fourth-order valence-corrected chi connectivity index (χ4v) is 4.54. The molecule has 0 saturated heterocycles. The van der Waals surface area contributed by atoms with Crippen LogP contribution in [0, 0.1) is 0 Å². The van der Waals surface area contributed by atoms with E-state index >= 15 is 0 Å². The molecule has 0 atom stereocenters. The van der Waals surface area contributed by atoms with Gasteiger partial charge in [0.1, 0.15) is 0 Å². The molecule has 142 valence electrons. The number of nitrogens with two attached hydrogens (primary N) is 2. The van der Waals surface area contributed by atoms with Crippen molar-refractivity contribution in [2.24, 2.45) is 5.84 Å². The third-order valence-electron chi connectivity index (χ3n) is 3.09. The van der Waals surface area contributed by atoms with E-state index in [0.717, 1.165) is 26.3 Å². The number of hydrogen-bond acceptors (Lipinski definition) is 11. The summed E-state index contributed by atoms with van der Waals surface area (Å²) in [5, 5.41) is 19.7. The van der Waals surface area contributed by atoms with Gasteiger partial charge in [-0.25, -0.2) is 10.5 Å². The SMILES string of the molecule is NNc1nnc(SCC(=O)Nc2nnc(SCc3ccccc3Cl)s2)n1N. The van der Waals surface area contributed by atoms with Crippen molar-refractivity contribution in [3.63, 3.8) is 0 Å². The molecule has 2 heterocycles. The lowest BCUT2D eigenvalue weighted by atomic mass is 10.2. The summed E-state index contributed by atoms with van der Waals surface area (Å²) in [5.74, 6) is 11.6. The fourth-order valence-electron chi connectivity index (χ4n) is 1.83. The maximum Gasteiger partial charge on any atom is 0.258 e. The lowest BCUT2D eigenvalue weighted by molar-refractivity contribution is -0.113. The fraction of sp³-hybridized carbons (Fsp3) is 0.154. The maximum atomic E-state index is 12.1. The molecule has 0 spiro atoms. The van der Waals surface area contributed by atoms with Gasteiger partial charge in [0, 0.05) is 10.8 Å². The van der Waals surface area contributed by atoms with E-state index < -0.39 is 0 Å². The zero-order chi connectivity index (χ0) is 19.2. The van der Waals surface area contributed by atoms with Crippen LogP contribution in [0.2, 0.25) is 5.02 Å². The lowest BCUT2D eigenvalue weighted by Crippen LogP contribution is -2.19. The molecule has 0 aliphatic carbocycles. The van der Waals surface area contributed by atoms with Crippen molar-refractivity contribution in [3.05, 3.63) is 34.9 Å². The minimum absolute atomic E-state index is 0.0849. The van der Waals surface area contributed by atoms with Crippen LogP contribution >= 0.6 is 46.5 Å². The standard InChI is InChI=1S/C13H14ClN9OS3/c14-8-4-2-1-3-7(8)5-26-13-22-20-11(27-13)17-9(24)6-25-12-21-19-10(18-15)23(12)16/h1-4H,5-6,15-16H2,(H,18,19)(H,17,20,24). The Labute approximate surface area is 171 Å². The molecule has 2 aromatic heterocycles. The van der Waals surface area contributed by atoms with Crippen molar-refractivity contribution in [3.8, 4) is 0 Å². The van der Waals surface area contributed by atoms with E-state index in [-0.39, 0.29) is 17.6 Å². The Morgan fingerprint density at radius 2 is 2.04 bits per heavy atom. The molecule has 0 aliphatic rings. The van der Waals surface area contributed by atoms with E-state index in [0.29, 0.717) is 21.1 Å².